The second kappa shape index (κ2) is 9.14. The minimum absolute atomic E-state index is 0.0931. The molecule has 0 unspecified atom stereocenters. The van der Waals surface area contributed by atoms with Crippen molar-refractivity contribution in [3.63, 3.8) is 0 Å². The Bertz CT molecular complexity index is 720. The monoisotopic (exact) mass is 366 g/mol. The largest absolute Gasteiger partial charge is 0.381 e. The average Bonchev–Trinajstić information content (AvgIpc) is 2.72. The zero-order valence-electron chi connectivity index (χ0n) is 16.5. The summed E-state index contributed by atoms with van der Waals surface area (Å²) in [7, 11) is 0. The molecule has 1 aliphatic rings. The molecule has 2 aromatic rings. The number of hydrogen-bond donors (Lipinski definition) is 0. The van der Waals surface area contributed by atoms with Crippen molar-refractivity contribution in [1.82, 2.24) is 9.88 Å². The summed E-state index contributed by atoms with van der Waals surface area (Å²) in [5, 5.41) is 0. The molecule has 0 spiro atoms. The summed E-state index contributed by atoms with van der Waals surface area (Å²) in [6, 6.07) is 14.4. The van der Waals surface area contributed by atoms with Crippen LogP contribution in [-0.4, -0.2) is 42.1 Å². The Balaban J connectivity index is 1.62. The lowest BCUT2D eigenvalue weighted by Gasteiger charge is -2.42. The van der Waals surface area contributed by atoms with E-state index in [2.05, 4.69) is 35.3 Å². The van der Waals surface area contributed by atoms with Gasteiger partial charge in [-0.1, -0.05) is 30.3 Å². The van der Waals surface area contributed by atoms with Crippen molar-refractivity contribution in [2.24, 2.45) is 5.41 Å². The van der Waals surface area contributed by atoms with Gasteiger partial charge >= 0.3 is 0 Å². The van der Waals surface area contributed by atoms with Crippen LogP contribution in [0.5, 0.6) is 0 Å². The van der Waals surface area contributed by atoms with E-state index in [-0.39, 0.29) is 11.3 Å². The standard InChI is InChI=1S/C23H30N2O2/c1-3-27-18-23(12-11-20-7-5-4-6-8-20)13-15-25(16-14-23)22(26)21-10-9-19(2)24-17-21/h4-10,17H,3,11-16,18H2,1-2H3. The molecular weight excluding hydrogens is 336 g/mol. The third kappa shape index (κ3) is 5.16. The Morgan fingerprint density at radius 3 is 2.52 bits per heavy atom. The lowest BCUT2D eigenvalue weighted by molar-refractivity contribution is 0.00115. The Morgan fingerprint density at radius 2 is 1.89 bits per heavy atom. The van der Waals surface area contributed by atoms with Crippen LogP contribution >= 0.6 is 0 Å². The van der Waals surface area contributed by atoms with Crippen molar-refractivity contribution < 1.29 is 9.53 Å². The number of benzene rings is 1. The van der Waals surface area contributed by atoms with Gasteiger partial charge in [-0.25, -0.2) is 0 Å². The first-order chi connectivity index (χ1) is 13.1. The van der Waals surface area contributed by atoms with E-state index in [1.165, 1.54) is 5.56 Å². The maximum Gasteiger partial charge on any atom is 0.255 e. The zero-order valence-corrected chi connectivity index (χ0v) is 16.5. The maximum absolute atomic E-state index is 12.8. The number of amides is 1. The molecule has 4 heteroatoms. The molecule has 0 bridgehead atoms. The van der Waals surface area contributed by atoms with Gasteiger partial charge in [-0.15, -0.1) is 0 Å². The van der Waals surface area contributed by atoms with Crippen LogP contribution in [0.15, 0.2) is 48.7 Å². The van der Waals surface area contributed by atoms with Gasteiger partial charge < -0.3 is 9.64 Å². The molecule has 1 fully saturated rings. The zero-order chi connectivity index (χ0) is 19.1. The van der Waals surface area contributed by atoms with Gasteiger partial charge in [-0.2, -0.15) is 0 Å². The number of carbonyl (C=O) groups excluding carboxylic acids is 1. The quantitative estimate of drug-likeness (QED) is 0.734. The van der Waals surface area contributed by atoms with E-state index < -0.39 is 0 Å². The van der Waals surface area contributed by atoms with Crippen molar-refractivity contribution >= 4 is 5.91 Å². The van der Waals surface area contributed by atoms with E-state index in [1.54, 1.807) is 6.20 Å². The highest BCUT2D eigenvalue weighted by Crippen LogP contribution is 2.37. The van der Waals surface area contributed by atoms with Crippen LogP contribution in [0.4, 0.5) is 0 Å². The third-order valence-electron chi connectivity index (χ3n) is 5.67. The maximum atomic E-state index is 12.8. The normalized spacial score (nSPS) is 16.3. The molecule has 4 nitrogen and oxygen atoms in total. The van der Waals surface area contributed by atoms with Crippen molar-refractivity contribution in [1.29, 1.82) is 0 Å². The van der Waals surface area contributed by atoms with Gasteiger partial charge in [0.1, 0.15) is 0 Å². The fourth-order valence-electron chi connectivity index (χ4n) is 3.80. The van der Waals surface area contributed by atoms with E-state index in [9.17, 15) is 4.79 Å². The minimum Gasteiger partial charge on any atom is -0.381 e. The van der Waals surface area contributed by atoms with E-state index in [0.29, 0.717) is 5.56 Å². The first-order valence-electron chi connectivity index (χ1n) is 9.95. The molecule has 144 valence electrons. The van der Waals surface area contributed by atoms with Gasteiger partial charge in [-0.05, 0) is 62.6 Å². The lowest BCUT2D eigenvalue weighted by Crippen LogP contribution is -2.45. The van der Waals surface area contributed by atoms with Crippen LogP contribution in [0, 0.1) is 12.3 Å². The predicted octanol–water partition coefficient (Wildman–Crippen LogP) is 4.28. The molecule has 1 aromatic heterocycles. The average molecular weight is 367 g/mol. The first kappa shape index (κ1) is 19.6. The first-order valence-corrected chi connectivity index (χ1v) is 9.95. The number of rotatable bonds is 7. The number of ether oxygens (including phenoxy) is 1. The number of likely N-dealkylation sites (tertiary alicyclic amines) is 1. The summed E-state index contributed by atoms with van der Waals surface area (Å²) >= 11 is 0. The fourth-order valence-corrected chi connectivity index (χ4v) is 3.80. The summed E-state index contributed by atoms with van der Waals surface area (Å²) in [6.45, 7) is 7.08. The number of pyridine rings is 1. The highest BCUT2D eigenvalue weighted by Gasteiger charge is 2.36. The molecule has 0 atom stereocenters. The van der Waals surface area contributed by atoms with Crippen molar-refractivity contribution in [3.05, 3.63) is 65.5 Å². The van der Waals surface area contributed by atoms with Crippen LogP contribution in [0.3, 0.4) is 0 Å². The molecular formula is C23H30N2O2. The molecule has 3 rings (SSSR count). The van der Waals surface area contributed by atoms with Crippen molar-refractivity contribution in [2.75, 3.05) is 26.3 Å². The Morgan fingerprint density at radius 1 is 1.15 bits per heavy atom. The summed E-state index contributed by atoms with van der Waals surface area (Å²) in [6.07, 6.45) is 5.83. The van der Waals surface area contributed by atoms with E-state index in [1.807, 2.05) is 30.9 Å². The second-order valence-electron chi connectivity index (χ2n) is 7.60. The predicted molar refractivity (Wildman–Crippen MR) is 108 cm³/mol. The molecule has 2 heterocycles. The molecule has 0 saturated carbocycles. The Hall–Kier alpha value is -2.20. The fraction of sp³-hybridized carbons (Fsp3) is 0.478. The SMILES string of the molecule is CCOCC1(CCc2ccccc2)CCN(C(=O)c2ccc(C)nc2)CC1. The summed E-state index contributed by atoms with van der Waals surface area (Å²) in [5.74, 6) is 0.0931. The summed E-state index contributed by atoms with van der Waals surface area (Å²) < 4.78 is 5.84. The van der Waals surface area contributed by atoms with Crippen LogP contribution in [0.2, 0.25) is 0 Å². The van der Waals surface area contributed by atoms with E-state index >= 15 is 0 Å². The summed E-state index contributed by atoms with van der Waals surface area (Å²) in [5.41, 5.74) is 3.15. The van der Waals surface area contributed by atoms with Crippen LogP contribution in [0.1, 0.15) is 47.8 Å². The van der Waals surface area contributed by atoms with Gasteiger partial charge in [0.05, 0.1) is 12.2 Å². The molecule has 0 aliphatic carbocycles. The second-order valence-corrected chi connectivity index (χ2v) is 7.60. The van der Waals surface area contributed by atoms with Gasteiger partial charge in [0, 0.05) is 31.6 Å². The Kier molecular flexibility index (Phi) is 6.62. The van der Waals surface area contributed by atoms with Gasteiger partial charge in [-0.3, -0.25) is 9.78 Å². The molecule has 0 N–H and O–H groups in total. The van der Waals surface area contributed by atoms with Gasteiger partial charge in [0.15, 0.2) is 0 Å². The smallest absolute Gasteiger partial charge is 0.255 e. The van der Waals surface area contributed by atoms with Crippen LogP contribution in [0.25, 0.3) is 0 Å². The van der Waals surface area contributed by atoms with Crippen LogP contribution < -0.4 is 0 Å². The molecule has 1 saturated heterocycles. The van der Waals surface area contributed by atoms with Gasteiger partial charge in [0.25, 0.3) is 5.91 Å². The topological polar surface area (TPSA) is 42.4 Å². The molecule has 27 heavy (non-hydrogen) atoms. The number of aromatic nitrogens is 1. The molecule has 1 aromatic carbocycles. The number of aryl methyl sites for hydroxylation is 2. The molecule has 1 aliphatic heterocycles. The minimum atomic E-state index is 0.0931. The molecule has 1 amide bonds. The number of carbonyl (C=O) groups is 1. The summed E-state index contributed by atoms with van der Waals surface area (Å²) in [4.78, 5) is 19.0. The highest BCUT2D eigenvalue weighted by atomic mass is 16.5. The number of nitrogens with zero attached hydrogens (tertiary/aromatic N) is 2. The van der Waals surface area contributed by atoms with Crippen molar-refractivity contribution in [2.45, 2.75) is 39.5 Å². The number of hydrogen-bond acceptors (Lipinski definition) is 3. The van der Waals surface area contributed by atoms with Gasteiger partial charge in [0.2, 0.25) is 0 Å². The third-order valence-corrected chi connectivity index (χ3v) is 5.67. The number of piperidine rings is 1. The van der Waals surface area contributed by atoms with E-state index in [4.69, 9.17) is 4.74 Å². The van der Waals surface area contributed by atoms with E-state index in [0.717, 1.165) is 57.7 Å². The lowest BCUT2D eigenvalue weighted by atomic mass is 9.74. The van der Waals surface area contributed by atoms with Crippen molar-refractivity contribution in [3.8, 4) is 0 Å². The van der Waals surface area contributed by atoms with Crippen LogP contribution in [-0.2, 0) is 11.2 Å². The Labute approximate surface area is 162 Å². The highest BCUT2D eigenvalue weighted by molar-refractivity contribution is 5.94. The molecule has 0 radical (unpaired) electrons.